The number of hydrogen-bond donors (Lipinski definition) is 0. The summed E-state index contributed by atoms with van der Waals surface area (Å²) in [6.45, 7) is 28.0. The minimum absolute atomic E-state index is 0.0316. The molecule has 0 spiro atoms. The van der Waals surface area contributed by atoms with Gasteiger partial charge < -0.3 is 13.3 Å². The van der Waals surface area contributed by atoms with Gasteiger partial charge in [0, 0.05) is 17.4 Å². The van der Waals surface area contributed by atoms with Gasteiger partial charge in [-0.05, 0) is 121 Å². The molecule has 0 radical (unpaired) electrons. The van der Waals surface area contributed by atoms with Crippen LogP contribution in [0, 0.1) is 28.6 Å². The molecular formula is C29H51ClO3Si3. The molecule has 0 amide bonds. The van der Waals surface area contributed by atoms with Gasteiger partial charge in [-0.2, -0.15) is 0 Å². The van der Waals surface area contributed by atoms with E-state index in [1.54, 1.807) is 0 Å². The summed E-state index contributed by atoms with van der Waals surface area (Å²) >= 11 is 7.25. The van der Waals surface area contributed by atoms with E-state index in [1.165, 1.54) is 31.3 Å². The van der Waals surface area contributed by atoms with Crippen LogP contribution in [0.3, 0.4) is 0 Å². The fraction of sp³-hybridized carbons (Fsp3) is 0.793. The van der Waals surface area contributed by atoms with Crippen LogP contribution in [0.25, 0.3) is 0 Å². The van der Waals surface area contributed by atoms with Crippen molar-refractivity contribution in [2.75, 3.05) is 0 Å². The second-order valence-electron chi connectivity index (χ2n) is 15.5. The molecule has 36 heavy (non-hydrogen) atoms. The van der Waals surface area contributed by atoms with Crippen LogP contribution in [-0.4, -0.2) is 30.6 Å². The Morgan fingerprint density at radius 3 is 1.94 bits per heavy atom. The van der Waals surface area contributed by atoms with E-state index in [0.717, 1.165) is 23.0 Å². The van der Waals surface area contributed by atoms with E-state index < -0.39 is 25.0 Å². The molecule has 3 nitrogen and oxygen atoms in total. The molecule has 0 aromatic rings. The second kappa shape index (κ2) is 8.87. The van der Waals surface area contributed by atoms with Crippen molar-refractivity contribution in [3.8, 4) is 0 Å². The highest BCUT2D eigenvalue weighted by atomic mass is 35.5. The van der Waals surface area contributed by atoms with Crippen LogP contribution in [0.5, 0.6) is 0 Å². The minimum Gasteiger partial charge on any atom is -0.547 e. The zero-order chi connectivity index (χ0) is 27.1. The molecule has 2 saturated carbocycles. The van der Waals surface area contributed by atoms with Crippen molar-refractivity contribution in [1.29, 1.82) is 0 Å². The van der Waals surface area contributed by atoms with Crippen LogP contribution < -0.4 is 0 Å². The number of rotatable bonds is 6. The summed E-state index contributed by atoms with van der Waals surface area (Å²) in [6, 6.07) is 0. The number of allylic oxidation sites excluding steroid dienone is 5. The maximum atomic E-state index is 7.25. The summed E-state index contributed by atoms with van der Waals surface area (Å²) in [5.74, 6) is 3.78. The van der Waals surface area contributed by atoms with E-state index >= 15 is 0 Å². The first-order valence-corrected chi connectivity index (χ1v) is 24.7. The zero-order valence-corrected chi connectivity index (χ0v) is 28.8. The number of fused-ring (bicyclic) bond motifs is 5. The number of halogens is 1. The van der Waals surface area contributed by atoms with Crippen molar-refractivity contribution in [3.63, 3.8) is 0 Å². The Hall–Kier alpha value is -0.279. The van der Waals surface area contributed by atoms with Gasteiger partial charge in [-0.1, -0.05) is 31.5 Å². The Bertz CT molecular complexity index is 999. The van der Waals surface area contributed by atoms with Gasteiger partial charge in [0.15, 0.2) is 8.32 Å². The third-order valence-corrected chi connectivity index (χ3v) is 12.5. The molecule has 4 rings (SSSR count). The van der Waals surface area contributed by atoms with Crippen molar-refractivity contribution < 1.29 is 13.3 Å². The third-order valence-electron chi connectivity index (χ3n) is 9.37. The predicted molar refractivity (Wildman–Crippen MR) is 161 cm³/mol. The highest BCUT2D eigenvalue weighted by Crippen LogP contribution is 2.69. The fourth-order valence-electron chi connectivity index (χ4n) is 8.07. The van der Waals surface area contributed by atoms with Gasteiger partial charge in [-0.15, -0.1) is 0 Å². The first kappa shape index (κ1) is 28.7. The molecule has 0 aromatic heterocycles. The Morgan fingerprint density at radius 2 is 1.39 bits per heavy atom. The third kappa shape index (κ3) is 5.03. The average Bonchev–Trinajstić information content (AvgIpc) is 2.91. The maximum absolute atomic E-state index is 7.25. The first-order valence-electron chi connectivity index (χ1n) is 14.1. The quantitative estimate of drug-likeness (QED) is 0.299. The van der Waals surface area contributed by atoms with Gasteiger partial charge in [-0.25, -0.2) is 0 Å². The Morgan fingerprint density at radius 1 is 0.806 bits per heavy atom. The van der Waals surface area contributed by atoms with Crippen molar-refractivity contribution in [2.45, 2.75) is 117 Å². The normalized spacial score (nSPS) is 39.1. The molecule has 0 saturated heterocycles. The lowest BCUT2D eigenvalue weighted by molar-refractivity contribution is -0.0996. The SMILES string of the molecule is CC12C=CC(O[Si](C)(C)C)=C(Cl)C1=C(O[Si](C)(C)C)CC1C2CCC2(C)C1CCC2(C)O[Si](C)(C)C. The van der Waals surface area contributed by atoms with Gasteiger partial charge in [0.05, 0.1) is 16.4 Å². The summed E-state index contributed by atoms with van der Waals surface area (Å²) in [5.41, 5.74) is 1.26. The van der Waals surface area contributed by atoms with Gasteiger partial charge >= 0.3 is 0 Å². The molecule has 2 fully saturated rings. The summed E-state index contributed by atoms with van der Waals surface area (Å²) in [6.07, 6.45) is 10.4. The Kier molecular flexibility index (Phi) is 7.08. The minimum atomic E-state index is -1.84. The topological polar surface area (TPSA) is 27.7 Å². The van der Waals surface area contributed by atoms with Gasteiger partial charge in [0.2, 0.25) is 16.6 Å². The highest BCUT2D eigenvalue weighted by molar-refractivity contribution is 6.70. The molecule has 4 aliphatic carbocycles. The summed E-state index contributed by atoms with van der Waals surface area (Å²) in [5, 5.41) is 0.792. The van der Waals surface area contributed by atoms with Crippen molar-refractivity contribution in [1.82, 2.24) is 0 Å². The molecule has 0 aromatic carbocycles. The lowest BCUT2D eigenvalue weighted by Gasteiger charge is -2.59. The van der Waals surface area contributed by atoms with Gasteiger partial charge in [0.25, 0.3) is 0 Å². The van der Waals surface area contributed by atoms with Crippen molar-refractivity contribution in [2.24, 2.45) is 28.6 Å². The van der Waals surface area contributed by atoms with Crippen LogP contribution in [-0.2, 0) is 13.3 Å². The lowest BCUT2D eigenvalue weighted by atomic mass is 9.48. The molecule has 204 valence electrons. The molecule has 7 heteroatoms. The summed E-state index contributed by atoms with van der Waals surface area (Å²) in [4.78, 5) is 0. The lowest BCUT2D eigenvalue weighted by Crippen LogP contribution is -2.56. The van der Waals surface area contributed by atoms with Crippen LogP contribution in [0.4, 0.5) is 0 Å². The maximum Gasteiger partial charge on any atom is 0.242 e. The molecule has 0 aliphatic heterocycles. The second-order valence-corrected chi connectivity index (χ2v) is 29.2. The van der Waals surface area contributed by atoms with Crippen LogP contribution in [0.1, 0.15) is 52.9 Å². The van der Waals surface area contributed by atoms with E-state index in [4.69, 9.17) is 24.9 Å². The summed E-state index contributed by atoms with van der Waals surface area (Å²) in [7, 11) is -5.29. The summed E-state index contributed by atoms with van der Waals surface area (Å²) < 4.78 is 20.4. The number of hydrogen-bond acceptors (Lipinski definition) is 3. The van der Waals surface area contributed by atoms with Crippen LogP contribution >= 0.6 is 11.6 Å². The monoisotopic (exact) mass is 566 g/mol. The Labute approximate surface area is 229 Å². The highest BCUT2D eigenvalue weighted by Gasteiger charge is 2.64. The van der Waals surface area contributed by atoms with E-state index in [-0.39, 0.29) is 16.4 Å². The van der Waals surface area contributed by atoms with Crippen molar-refractivity contribution in [3.05, 3.63) is 34.3 Å². The Balaban J connectivity index is 1.80. The van der Waals surface area contributed by atoms with E-state index in [2.05, 4.69) is 91.8 Å². The zero-order valence-electron chi connectivity index (χ0n) is 25.0. The van der Waals surface area contributed by atoms with Crippen LogP contribution in [0.2, 0.25) is 58.9 Å². The van der Waals surface area contributed by atoms with Gasteiger partial charge in [-0.3, -0.25) is 0 Å². The molecule has 4 aliphatic rings. The smallest absolute Gasteiger partial charge is 0.242 e. The van der Waals surface area contributed by atoms with E-state index in [0.29, 0.717) is 17.8 Å². The average molecular weight is 567 g/mol. The molecule has 0 heterocycles. The van der Waals surface area contributed by atoms with E-state index in [1.807, 2.05) is 0 Å². The van der Waals surface area contributed by atoms with Gasteiger partial charge in [0.1, 0.15) is 5.76 Å². The van der Waals surface area contributed by atoms with Crippen molar-refractivity contribution >= 4 is 36.6 Å². The molecule has 0 bridgehead atoms. The predicted octanol–water partition coefficient (Wildman–Crippen LogP) is 9.43. The fourth-order valence-corrected chi connectivity index (χ4v) is 12.0. The molecule has 0 N–H and O–H groups in total. The first-order chi connectivity index (χ1) is 16.2. The largest absolute Gasteiger partial charge is 0.547 e. The van der Waals surface area contributed by atoms with E-state index in [9.17, 15) is 0 Å². The molecule has 6 atom stereocenters. The standard InChI is InChI=1S/C29H51ClO3Si3/c1-27-16-15-23(31-34(4,5)6)26(30)25(27)24(32-35(7,8)9)19-20-21(27)13-17-28(2)22(20)14-18-29(28,3)33-36(10,11)12/h15-16,20-22H,13-14,17-19H2,1-12H3. The molecular weight excluding hydrogens is 516 g/mol. The van der Waals surface area contributed by atoms with Crippen LogP contribution in [0.15, 0.2) is 34.3 Å². The molecule has 6 unspecified atom stereocenters.